The Balaban J connectivity index is 3.22. The van der Waals surface area contributed by atoms with Crippen molar-refractivity contribution in [3.05, 3.63) is 15.9 Å². The summed E-state index contributed by atoms with van der Waals surface area (Å²) in [5, 5.41) is 14.4. The molecule has 124 valence electrons. The van der Waals surface area contributed by atoms with Crippen LogP contribution in [0.3, 0.4) is 0 Å². The summed E-state index contributed by atoms with van der Waals surface area (Å²) < 4.78 is 5.37. The zero-order chi connectivity index (χ0) is 16.8. The average Bonchev–Trinajstić information content (AvgIpc) is 2.42. The largest absolute Gasteiger partial charge is 0.473 e. The summed E-state index contributed by atoms with van der Waals surface area (Å²) in [6.07, 6.45) is 3.09. The van der Waals surface area contributed by atoms with Crippen molar-refractivity contribution < 1.29 is 9.66 Å². The molecule has 7 heteroatoms. The van der Waals surface area contributed by atoms with Crippen LogP contribution in [-0.2, 0) is 5.41 Å². The van der Waals surface area contributed by atoms with Gasteiger partial charge in [0.25, 0.3) is 5.88 Å². The number of hydrogen-bond acceptors (Lipinski definition) is 6. The molecule has 0 spiro atoms. The fourth-order valence-corrected chi connectivity index (χ4v) is 1.88. The molecule has 0 aliphatic heterocycles. The van der Waals surface area contributed by atoms with Crippen LogP contribution in [0.5, 0.6) is 5.88 Å². The van der Waals surface area contributed by atoms with Gasteiger partial charge in [0.15, 0.2) is 0 Å². The van der Waals surface area contributed by atoms with E-state index in [1.807, 2.05) is 20.8 Å². The van der Waals surface area contributed by atoms with Crippen molar-refractivity contribution in [2.45, 2.75) is 59.3 Å². The predicted molar refractivity (Wildman–Crippen MR) is 86.6 cm³/mol. The van der Waals surface area contributed by atoms with Gasteiger partial charge in [-0.25, -0.2) is 4.98 Å². The summed E-state index contributed by atoms with van der Waals surface area (Å²) in [7, 11) is 0. The van der Waals surface area contributed by atoms with Gasteiger partial charge in [-0.3, -0.25) is 10.1 Å². The van der Waals surface area contributed by atoms with E-state index < -0.39 is 4.92 Å². The lowest BCUT2D eigenvalue weighted by Crippen LogP contribution is -2.19. The second-order valence-corrected chi connectivity index (χ2v) is 6.12. The Morgan fingerprint density at radius 3 is 2.41 bits per heavy atom. The molecule has 0 aromatic carbocycles. The van der Waals surface area contributed by atoms with E-state index in [0.29, 0.717) is 19.0 Å². The molecule has 0 saturated carbocycles. The lowest BCUT2D eigenvalue weighted by Gasteiger charge is -2.19. The maximum Gasteiger partial charge on any atom is 0.372 e. The van der Waals surface area contributed by atoms with E-state index >= 15 is 0 Å². The van der Waals surface area contributed by atoms with Crippen LogP contribution in [0.25, 0.3) is 0 Å². The Kier molecular flexibility index (Phi) is 6.52. The molecular formula is C15H26N4O3. The summed E-state index contributed by atoms with van der Waals surface area (Å²) in [6, 6.07) is 0. The van der Waals surface area contributed by atoms with E-state index in [2.05, 4.69) is 22.2 Å². The fourth-order valence-electron chi connectivity index (χ4n) is 1.88. The minimum absolute atomic E-state index is 0.0328. The summed E-state index contributed by atoms with van der Waals surface area (Å²) >= 11 is 0. The molecule has 7 nitrogen and oxygen atoms in total. The molecule has 0 amide bonds. The topological polar surface area (TPSA) is 90.2 Å². The van der Waals surface area contributed by atoms with Crippen molar-refractivity contribution in [1.82, 2.24) is 9.97 Å². The van der Waals surface area contributed by atoms with Crippen molar-refractivity contribution in [3.63, 3.8) is 0 Å². The molecule has 0 atom stereocenters. The highest BCUT2D eigenvalue weighted by Gasteiger charge is 2.29. The van der Waals surface area contributed by atoms with Crippen LogP contribution in [-0.4, -0.2) is 28.0 Å². The van der Waals surface area contributed by atoms with Crippen molar-refractivity contribution in [3.8, 4) is 5.88 Å². The summed E-state index contributed by atoms with van der Waals surface area (Å²) in [5.41, 5.74) is -0.507. The Morgan fingerprint density at radius 1 is 1.23 bits per heavy atom. The molecule has 0 bridgehead atoms. The average molecular weight is 310 g/mol. The second kappa shape index (κ2) is 7.91. The molecule has 0 saturated heterocycles. The molecule has 1 heterocycles. The second-order valence-electron chi connectivity index (χ2n) is 6.12. The number of unbranched alkanes of at least 4 members (excludes halogenated alkanes) is 2. The highest BCUT2D eigenvalue weighted by Crippen LogP contribution is 2.34. The van der Waals surface area contributed by atoms with Crippen LogP contribution in [0.15, 0.2) is 0 Å². The molecular weight excluding hydrogens is 284 g/mol. The van der Waals surface area contributed by atoms with E-state index in [1.54, 1.807) is 6.92 Å². The standard InChI is InChI=1S/C15H26N4O3/c1-6-8-9-10-16-12-11(19(20)21)13(22-7-2)18-14(17-12)15(3,4)5/h6-10H2,1-5H3,(H,16,17,18). The van der Waals surface area contributed by atoms with E-state index in [1.165, 1.54) is 0 Å². The number of nitrogens with zero attached hydrogens (tertiary/aromatic N) is 3. The van der Waals surface area contributed by atoms with Crippen LogP contribution in [0.4, 0.5) is 11.5 Å². The van der Waals surface area contributed by atoms with Gasteiger partial charge in [-0.05, 0) is 13.3 Å². The maximum absolute atomic E-state index is 11.4. The number of ether oxygens (including phenoxy) is 1. The first kappa shape index (κ1) is 18.1. The first-order chi connectivity index (χ1) is 10.3. The lowest BCUT2D eigenvalue weighted by molar-refractivity contribution is -0.385. The Morgan fingerprint density at radius 2 is 1.91 bits per heavy atom. The molecule has 0 radical (unpaired) electrons. The first-order valence-electron chi connectivity index (χ1n) is 7.74. The Hall–Kier alpha value is -1.92. The Bertz CT molecular complexity index is 512. The van der Waals surface area contributed by atoms with Gasteiger partial charge >= 0.3 is 5.69 Å². The minimum atomic E-state index is -0.487. The normalized spacial score (nSPS) is 11.3. The highest BCUT2D eigenvalue weighted by molar-refractivity contribution is 5.62. The van der Waals surface area contributed by atoms with Gasteiger partial charge in [-0.1, -0.05) is 40.5 Å². The first-order valence-corrected chi connectivity index (χ1v) is 7.74. The molecule has 0 unspecified atom stereocenters. The van der Waals surface area contributed by atoms with Gasteiger partial charge in [0.1, 0.15) is 5.82 Å². The van der Waals surface area contributed by atoms with Crippen LogP contribution in [0.1, 0.15) is 59.7 Å². The van der Waals surface area contributed by atoms with E-state index in [4.69, 9.17) is 4.74 Å². The fraction of sp³-hybridized carbons (Fsp3) is 0.733. The van der Waals surface area contributed by atoms with E-state index in [9.17, 15) is 10.1 Å². The highest BCUT2D eigenvalue weighted by atomic mass is 16.6. The monoisotopic (exact) mass is 310 g/mol. The van der Waals surface area contributed by atoms with Gasteiger partial charge in [-0.2, -0.15) is 4.98 Å². The molecule has 0 aliphatic rings. The smallest absolute Gasteiger partial charge is 0.372 e. The van der Waals surface area contributed by atoms with Crippen molar-refractivity contribution in [2.75, 3.05) is 18.5 Å². The summed E-state index contributed by atoms with van der Waals surface area (Å²) in [6.45, 7) is 10.7. The van der Waals surface area contributed by atoms with Gasteiger partial charge in [0, 0.05) is 12.0 Å². The SMILES string of the molecule is CCCCCNc1nc(C(C)(C)C)nc(OCC)c1[N+](=O)[O-]. The van der Waals surface area contributed by atoms with Crippen molar-refractivity contribution in [1.29, 1.82) is 0 Å². The molecule has 1 rings (SSSR count). The molecule has 1 aromatic rings. The van der Waals surface area contributed by atoms with Crippen molar-refractivity contribution in [2.24, 2.45) is 0 Å². The van der Waals surface area contributed by atoms with Gasteiger partial charge in [-0.15, -0.1) is 0 Å². The van der Waals surface area contributed by atoms with Gasteiger partial charge in [0.2, 0.25) is 5.82 Å². The third-order valence-electron chi connectivity index (χ3n) is 3.06. The molecule has 0 aliphatic carbocycles. The summed E-state index contributed by atoms with van der Waals surface area (Å²) in [4.78, 5) is 19.5. The summed E-state index contributed by atoms with van der Waals surface area (Å²) in [5.74, 6) is 0.800. The van der Waals surface area contributed by atoms with Crippen LogP contribution in [0.2, 0.25) is 0 Å². The van der Waals surface area contributed by atoms with Gasteiger partial charge in [0.05, 0.1) is 11.5 Å². The minimum Gasteiger partial charge on any atom is -0.473 e. The van der Waals surface area contributed by atoms with Crippen LogP contribution >= 0.6 is 0 Å². The third kappa shape index (κ3) is 4.82. The van der Waals surface area contributed by atoms with Gasteiger partial charge < -0.3 is 10.1 Å². The maximum atomic E-state index is 11.4. The number of nitrogens with one attached hydrogen (secondary N) is 1. The van der Waals surface area contributed by atoms with E-state index in [-0.39, 0.29) is 22.8 Å². The third-order valence-corrected chi connectivity index (χ3v) is 3.06. The number of anilines is 1. The molecule has 0 fully saturated rings. The lowest BCUT2D eigenvalue weighted by atomic mass is 9.96. The van der Waals surface area contributed by atoms with Crippen LogP contribution < -0.4 is 10.1 Å². The molecule has 1 aromatic heterocycles. The molecule has 1 N–H and O–H groups in total. The van der Waals surface area contributed by atoms with Crippen LogP contribution in [0, 0.1) is 10.1 Å². The van der Waals surface area contributed by atoms with Crippen molar-refractivity contribution >= 4 is 11.5 Å². The number of aromatic nitrogens is 2. The quantitative estimate of drug-likeness (QED) is 0.447. The zero-order valence-electron chi connectivity index (χ0n) is 14.1. The number of nitro groups is 1. The number of hydrogen-bond donors (Lipinski definition) is 1. The number of rotatable bonds is 8. The predicted octanol–water partition coefficient (Wildman–Crippen LogP) is 3.68. The Labute approximate surface area is 131 Å². The van der Waals surface area contributed by atoms with E-state index in [0.717, 1.165) is 19.3 Å². The molecule has 22 heavy (non-hydrogen) atoms. The zero-order valence-corrected chi connectivity index (χ0v) is 14.1.